The summed E-state index contributed by atoms with van der Waals surface area (Å²) in [6, 6.07) is 13.8. The number of carbonyl (C=O) groups excluding carboxylic acids is 15. The highest BCUT2D eigenvalue weighted by Crippen LogP contribution is 2.49. The molecule has 6 aliphatic rings. The third-order valence-electron chi connectivity index (χ3n) is 13.3. The van der Waals surface area contributed by atoms with Crippen LogP contribution in [0.2, 0.25) is 0 Å². The maximum atomic E-state index is 13.6. The van der Waals surface area contributed by atoms with E-state index in [1.807, 2.05) is 69.2 Å². The average Bonchev–Trinajstić information content (AvgIpc) is 1.61. The lowest BCUT2D eigenvalue weighted by Gasteiger charge is -2.26. The number of esters is 1. The fourth-order valence-corrected chi connectivity index (χ4v) is 8.93. The highest BCUT2D eigenvalue weighted by molar-refractivity contribution is 5.95. The van der Waals surface area contributed by atoms with Gasteiger partial charge in [0.15, 0.2) is 0 Å². The van der Waals surface area contributed by atoms with E-state index < -0.39 is 58.3 Å². The quantitative estimate of drug-likeness (QED) is 0.0590. The molecule has 24 nitrogen and oxygen atoms in total. The molecule has 0 saturated heterocycles. The van der Waals surface area contributed by atoms with Crippen molar-refractivity contribution in [3.63, 3.8) is 0 Å². The Morgan fingerprint density at radius 1 is 0.538 bits per heavy atom. The van der Waals surface area contributed by atoms with Crippen molar-refractivity contribution < 1.29 is 122 Å². The Hall–Kier alpha value is -9.79. The number of nitrogens with one attached hydrogen (secondary N) is 4. The molecule has 0 spiro atoms. The number of rotatable bonds is 18. The van der Waals surface area contributed by atoms with E-state index in [0.29, 0.717) is 44.7 Å². The van der Waals surface area contributed by atoms with E-state index in [2.05, 4.69) is 47.2 Å². The third-order valence-corrected chi connectivity index (χ3v) is 13.3. The number of furan rings is 1. The van der Waals surface area contributed by atoms with Crippen LogP contribution in [0.5, 0.6) is 0 Å². The highest BCUT2D eigenvalue weighted by Gasteiger charge is 2.59. The zero-order valence-electron chi connectivity index (χ0n) is 50.2. The number of ether oxygens (including phenoxy) is 4. The van der Waals surface area contributed by atoms with Crippen molar-refractivity contribution in [3.05, 3.63) is 130 Å². The van der Waals surface area contributed by atoms with Crippen molar-refractivity contribution in [3.8, 4) is 11.8 Å². The molecule has 6 unspecified atom stereocenters. The Balaban J connectivity index is 0.00000126. The molecule has 0 saturated carbocycles. The lowest BCUT2D eigenvalue weighted by Crippen LogP contribution is -2.44. The lowest BCUT2D eigenvalue weighted by atomic mass is 9.86. The number of fused-ring (bicyclic) bond motifs is 6. The number of hydrogen-bond donors (Lipinski definition) is 4. The molecule has 0 aliphatic carbocycles. The Morgan fingerprint density at radius 3 is 1.24 bits per heavy atom. The van der Waals surface area contributed by atoms with Gasteiger partial charge in [-0.25, -0.2) is 4.79 Å². The predicted molar refractivity (Wildman–Crippen MR) is 294 cm³/mol. The fraction of sp³-hybridized carbons (Fsp3) is 0.443. The molecule has 0 radical (unpaired) electrons. The van der Waals surface area contributed by atoms with E-state index in [1.54, 1.807) is 25.3 Å². The molecule has 30 heteroatoms. The summed E-state index contributed by atoms with van der Waals surface area (Å²) < 4.78 is 101. The van der Waals surface area contributed by atoms with Gasteiger partial charge in [0, 0.05) is 38.0 Å². The average molecular weight is 1290 g/mol. The van der Waals surface area contributed by atoms with E-state index in [9.17, 15) is 50.3 Å². The molecule has 91 heavy (non-hydrogen) atoms. The molecule has 2 aromatic rings. The predicted octanol–water partition coefficient (Wildman–Crippen LogP) is 5.83. The summed E-state index contributed by atoms with van der Waals surface area (Å²) in [6.07, 6.45) is 4.53. The van der Waals surface area contributed by atoms with Crippen LogP contribution in [0.1, 0.15) is 97.8 Å². The Kier molecular flexibility index (Phi) is 37.0. The van der Waals surface area contributed by atoms with Gasteiger partial charge in [0.2, 0.25) is 23.6 Å². The number of halogens is 6. The van der Waals surface area contributed by atoms with Crippen LogP contribution in [0.4, 0.5) is 26.3 Å². The first-order valence-corrected chi connectivity index (χ1v) is 27.1. The van der Waals surface area contributed by atoms with Crippen molar-refractivity contribution in [1.82, 2.24) is 21.3 Å². The largest absolute Gasteiger partial charge is 0.467 e. The maximum absolute atomic E-state index is 13.6. The second kappa shape index (κ2) is 41.4. The van der Waals surface area contributed by atoms with Crippen LogP contribution in [0.3, 0.4) is 0 Å². The van der Waals surface area contributed by atoms with Gasteiger partial charge in [0.25, 0.3) is 0 Å². The van der Waals surface area contributed by atoms with Crippen molar-refractivity contribution in [2.24, 2.45) is 0 Å². The standard InChI is InChI=1S/C25H29F3N2O6.C19H24N2O4.C7H8.C5H5F3.5CO2/c1-4-34-22(33)21-20(25(26,27)28)17-9-11-24(21,36-17)13-30-19(32)7-5-6-18(31)29-12-23-10-8-16(35-23)14(2)15(23)3;1-13-14(2)19(9-8-16(13)25-19)12-21-18(23)7-3-6-17(22)20-11-15-5-4-10-24-15;1-7-5-3-2-4-6-7;1-2-3-4-5(6,7)8;5*2-1-3/h8-11,16-17H,4-7,12-13H2,1-3H3,(H,29,31)(H,30,32);4-5,8-10,16H,3,6-7,11-12H2,1-2H3,(H,20,22)(H,21,23);2-6H,1H3;2H2,1H3;;;;;. The van der Waals surface area contributed by atoms with Crippen LogP contribution >= 0.6 is 0 Å². The smallest absolute Gasteiger partial charge is 0.457 e. The van der Waals surface area contributed by atoms with E-state index in [0.717, 1.165) is 17.1 Å². The molecule has 6 bridgehead atoms. The molecule has 1 aromatic carbocycles. The van der Waals surface area contributed by atoms with Gasteiger partial charge in [-0.1, -0.05) is 67.0 Å². The van der Waals surface area contributed by atoms with Gasteiger partial charge in [-0.15, -0.1) is 0 Å². The maximum Gasteiger partial charge on any atom is 0.457 e. The zero-order chi connectivity index (χ0) is 69.4. The van der Waals surface area contributed by atoms with Crippen LogP contribution < -0.4 is 21.3 Å². The normalized spacial score (nSPS) is 20.4. The molecular formula is C61H66F6N4O20. The number of alkyl halides is 6. The summed E-state index contributed by atoms with van der Waals surface area (Å²) in [6.45, 7) is 13.9. The van der Waals surface area contributed by atoms with Crippen molar-refractivity contribution in [1.29, 1.82) is 0 Å². The van der Waals surface area contributed by atoms with E-state index in [-0.39, 0.29) is 99.5 Å². The zero-order valence-corrected chi connectivity index (χ0v) is 50.2. The fourth-order valence-electron chi connectivity index (χ4n) is 8.93. The van der Waals surface area contributed by atoms with Gasteiger partial charge >= 0.3 is 49.1 Å². The van der Waals surface area contributed by atoms with Gasteiger partial charge in [-0.3, -0.25) is 19.2 Å². The lowest BCUT2D eigenvalue weighted by molar-refractivity contribution is -0.193. The number of aryl methyl sites for hydroxylation is 1. The summed E-state index contributed by atoms with van der Waals surface area (Å²) in [7, 11) is 0. The number of amides is 4. The topological polar surface area (TPSA) is 354 Å². The first kappa shape index (κ1) is 81.2. The Morgan fingerprint density at radius 2 is 0.923 bits per heavy atom. The van der Waals surface area contributed by atoms with Crippen LogP contribution in [-0.2, 0) is 97.4 Å². The van der Waals surface area contributed by atoms with Gasteiger partial charge in [-0.05, 0) is 107 Å². The molecule has 1 aromatic heterocycles. The molecule has 4 N–H and O–H groups in total. The monoisotopic (exact) mass is 1290 g/mol. The molecule has 0 fully saturated rings. The van der Waals surface area contributed by atoms with Crippen LogP contribution in [0.15, 0.2) is 123 Å². The third kappa shape index (κ3) is 27.6. The number of benzene rings is 1. The van der Waals surface area contributed by atoms with Gasteiger partial charge in [0.1, 0.15) is 28.7 Å². The van der Waals surface area contributed by atoms with Crippen LogP contribution in [0.25, 0.3) is 0 Å². The molecule has 4 amide bonds. The summed E-state index contributed by atoms with van der Waals surface area (Å²) in [5.74, 6) is 1.75. The minimum absolute atomic E-state index is 0.0249. The highest BCUT2D eigenvalue weighted by atomic mass is 19.4. The van der Waals surface area contributed by atoms with Gasteiger partial charge in [-0.2, -0.15) is 74.3 Å². The first-order chi connectivity index (χ1) is 42.9. The molecular weight excluding hydrogens is 1220 g/mol. The minimum Gasteiger partial charge on any atom is -0.467 e. The van der Waals surface area contributed by atoms with E-state index in [4.69, 9.17) is 71.3 Å². The molecule has 6 aliphatic heterocycles. The number of hydrogen-bond acceptors (Lipinski definition) is 20. The molecule has 492 valence electrons. The van der Waals surface area contributed by atoms with E-state index >= 15 is 0 Å². The van der Waals surface area contributed by atoms with E-state index in [1.165, 1.54) is 35.8 Å². The minimum atomic E-state index is -4.79. The first-order valence-electron chi connectivity index (χ1n) is 27.1. The SMILES string of the molecule is CC1=C(C)C2(CNC(=O)CCCC(=O)NCc3ccco3)C=CC1O2.CCC#CC(F)(F)F.CCOC(=O)C1=C(C(F)(F)F)C2C=CC1(CNC(=O)CCCC(=O)NCC13C=CC(O1)C(C)=C3C)O2.Cc1ccccc1.O=C=O.O=C=O.O=C=O.O=C=O.O=C=O. The van der Waals surface area contributed by atoms with Gasteiger partial charge in [0.05, 0.1) is 62.4 Å². The number of carbonyl (C=O) groups is 5. The van der Waals surface area contributed by atoms with Crippen molar-refractivity contribution in [2.45, 2.75) is 147 Å². The Labute approximate surface area is 517 Å². The van der Waals surface area contributed by atoms with Gasteiger partial charge < -0.3 is 44.6 Å². The Bertz CT molecular complexity index is 3110. The second-order valence-corrected chi connectivity index (χ2v) is 19.1. The molecule has 6 atom stereocenters. The second-order valence-electron chi connectivity index (χ2n) is 19.1. The van der Waals surface area contributed by atoms with Crippen molar-refractivity contribution >= 4 is 60.4 Å². The summed E-state index contributed by atoms with van der Waals surface area (Å²) in [5.41, 5.74) is 1.36. The molecule has 8 rings (SSSR count). The molecule has 7 heterocycles. The van der Waals surface area contributed by atoms with Crippen LogP contribution in [0, 0.1) is 18.8 Å². The summed E-state index contributed by atoms with van der Waals surface area (Å²) in [5, 5.41) is 11.1. The summed E-state index contributed by atoms with van der Waals surface area (Å²) >= 11 is 0. The van der Waals surface area contributed by atoms with Crippen molar-refractivity contribution in [2.75, 3.05) is 26.2 Å². The summed E-state index contributed by atoms with van der Waals surface area (Å²) in [4.78, 5) is 142. The van der Waals surface area contributed by atoms with Crippen LogP contribution in [-0.4, -0.2) is 134 Å².